The highest BCUT2D eigenvalue weighted by Gasteiger charge is 2.19. The van der Waals surface area contributed by atoms with E-state index in [1.165, 1.54) is 5.56 Å². The summed E-state index contributed by atoms with van der Waals surface area (Å²) in [5.41, 5.74) is 1.18. The summed E-state index contributed by atoms with van der Waals surface area (Å²) in [6.45, 7) is 0.755. The summed E-state index contributed by atoms with van der Waals surface area (Å²) >= 11 is 3.43. The van der Waals surface area contributed by atoms with Crippen molar-refractivity contribution in [3.05, 3.63) is 28.2 Å². The fraction of sp³-hybridized carbons (Fsp3) is 0.417. The molecule has 2 rings (SSSR count). The topological polar surface area (TPSA) is 33.0 Å². The Kier molecular flexibility index (Phi) is 3.27. The average molecular weight is 266 g/mol. The minimum atomic E-state index is 0.334. The first-order valence-electron chi connectivity index (χ1n) is 5.10. The fourth-order valence-corrected chi connectivity index (χ4v) is 2.30. The highest BCUT2D eigenvalue weighted by molar-refractivity contribution is 9.10. The highest BCUT2D eigenvalue weighted by atomic mass is 79.9. The molecular weight excluding hydrogens is 254 g/mol. The van der Waals surface area contributed by atoms with Gasteiger partial charge in [-0.1, -0.05) is 22.0 Å². The molecule has 0 aromatic heterocycles. The number of nitrogens with zero attached hydrogens (tertiary/aromatic N) is 1. The number of rotatable bonds is 1. The monoisotopic (exact) mass is 265 g/mol. The first-order valence-corrected chi connectivity index (χ1v) is 5.90. The van der Waals surface area contributed by atoms with Gasteiger partial charge in [-0.3, -0.25) is 0 Å². The second-order valence-corrected chi connectivity index (χ2v) is 4.65. The van der Waals surface area contributed by atoms with Gasteiger partial charge in [0, 0.05) is 16.8 Å². The highest BCUT2D eigenvalue weighted by Crippen LogP contribution is 2.36. The molecule has 0 aliphatic carbocycles. The van der Waals surface area contributed by atoms with Crippen LogP contribution >= 0.6 is 15.9 Å². The summed E-state index contributed by atoms with van der Waals surface area (Å²) in [7, 11) is 0. The molecule has 2 nitrogen and oxygen atoms in total. The van der Waals surface area contributed by atoms with Crippen molar-refractivity contribution in [2.45, 2.75) is 25.2 Å². The molecule has 1 unspecified atom stereocenters. The molecule has 0 saturated heterocycles. The lowest BCUT2D eigenvalue weighted by Crippen LogP contribution is -1.96. The molecule has 0 N–H and O–H groups in total. The molecule has 1 aliphatic heterocycles. The third-order valence-corrected chi connectivity index (χ3v) is 3.20. The van der Waals surface area contributed by atoms with Crippen LogP contribution in [-0.2, 0) is 0 Å². The van der Waals surface area contributed by atoms with E-state index in [4.69, 9.17) is 10.00 Å². The molecule has 0 bridgehead atoms. The maximum absolute atomic E-state index is 8.79. The average Bonchev–Trinajstić information content (AvgIpc) is 2.41. The Bertz CT molecular complexity index is 397. The summed E-state index contributed by atoms with van der Waals surface area (Å²) in [5, 5.41) is 8.79. The molecule has 15 heavy (non-hydrogen) atoms. The Hall–Kier alpha value is -1.01. The molecule has 78 valence electrons. The summed E-state index contributed by atoms with van der Waals surface area (Å²) in [6.07, 6.45) is 2.65. The second kappa shape index (κ2) is 4.67. The van der Waals surface area contributed by atoms with Gasteiger partial charge in [0.1, 0.15) is 5.75 Å². The van der Waals surface area contributed by atoms with Gasteiger partial charge in [0.05, 0.1) is 12.7 Å². The molecule has 1 atom stereocenters. The van der Waals surface area contributed by atoms with Gasteiger partial charge in [0.15, 0.2) is 0 Å². The summed E-state index contributed by atoms with van der Waals surface area (Å²) in [4.78, 5) is 0. The smallest absolute Gasteiger partial charge is 0.123 e. The van der Waals surface area contributed by atoms with Crippen molar-refractivity contribution >= 4 is 15.9 Å². The molecule has 0 spiro atoms. The van der Waals surface area contributed by atoms with Crippen molar-refractivity contribution in [2.75, 3.05) is 6.61 Å². The third-order valence-electron chi connectivity index (χ3n) is 2.71. The van der Waals surface area contributed by atoms with Crippen LogP contribution in [0.25, 0.3) is 0 Å². The lowest BCUT2D eigenvalue weighted by atomic mass is 9.92. The molecule has 0 amide bonds. The number of nitriles is 1. The van der Waals surface area contributed by atoms with Crippen molar-refractivity contribution in [2.24, 2.45) is 0 Å². The van der Waals surface area contributed by atoms with Gasteiger partial charge < -0.3 is 4.74 Å². The second-order valence-electron chi connectivity index (χ2n) is 3.73. The number of fused-ring (bicyclic) bond motifs is 1. The Morgan fingerprint density at radius 1 is 1.53 bits per heavy atom. The number of benzene rings is 1. The van der Waals surface area contributed by atoms with Crippen LogP contribution in [0.1, 0.15) is 30.7 Å². The van der Waals surface area contributed by atoms with E-state index in [9.17, 15) is 0 Å². The van der Waals surface area contributed by atoms with Gasteiger partial charge in [0.25, 0.3) is 0 Å². The van der Waals surface area contributed by atoms with E-state index in [2.05, 4.69) is 28.1 Å². The largest absolute Gasteiger partial charge is 0.493 e. The van der Waals surface area contributed by atoms with E-state index < -0.39 is 0 Å². The van der Waals surface area contributed by atoms with Crippen LogP contribution in [0.3, 0.4) is 0 Å². The minimum Gasteiger partial charge on any atom is -0.493 e. The van der Waals surface area contributed by atoms with Gasteiger partial charge in [-0.2, -0.15) is 5.26 Å². The zero-order chi connectivity index (χ0) is 10.7. The van der Waals surface area contributed by atoms with Gasteiger partial charge >= 0.3 is 0 Å². The molecule has 1 aromatic carbocycles. The number of halogens is 1. The van der Waals surface area contributed by atoms with Crippen LogP contribution < -0.4 is 4.74 Å². The third kappa shape index (κ3) is 2.32. The van der Waals surface area contributed by atoms with Crippen molar-refractivity contribution in [3.63, 3.8) is 0 Å². The summed E-state index contributed by atoms with van der Waals surface area (Å²) < 4.78 is 6.69. The Labute approximate surface area is 98.0 Å². The molecule has 1 aliphatic rings. The van der Waals surface area contributed by atoms with Gasteiger partial charge in [-0.25, -0.2) is 0 Å². The summed E-state index contributed by atoms with van der Waals surface area (Å²) in [5.74, 6) is 1.27. The van der Waals surface area contributed by atoms with Crippen molar-refractivity contribution in [3.8, 4) is 11.8 Å². The first-order chi connectivity index (χ1) is 7.31. The van der Waals surface area contributed by atoms with E-state index in [0.29, 0.717) is 12.3 Å². The van der Waals surface area contributed by atoms with E-state index in [1.807, 2.05) is 12.1 Å². The zero-order valence-electron chi connectivity index (χ0n) is 8.37. The lowest BCUT2D eigenvalue weighted by Gasteiger charge is -2.13. The Morgan fingerprint density at radius 3 is 3.20 bits per heavy atom. The number of hydrogen-bond acceptors (Lipinski definition) is 2. The van der Waals surface area contributed by atoms with E-state index in [-0.39, 0.29) is 0 Å². The maximum Gasteiger partial charge on any atom is 0.123 e. The maximum atomic E-state index is 8.79. The van der Waals surface area contributed by atoms with Crippen LogP contribution in [0.4, 0.5) is 0 Å². The molecule has 0 radical (unpaired) electrons. The molecule has 0 fully saturated rings. The van der Waals surface area contributed by atoms with Crippen LogP contribution in [0.2, 0.25) is 0 Å². The zero-order valence-corrected chi connectivity index (χ0v) is 9.96. The predicted octanol–water partition coefficient (Wildman–Crippen LogP) is 3.62. The van der Waals surface area contributed by atoms with Crippen molar-refractivity contribution in [1.82, 2.24) is 0 Å². The molecule has 1 aromatic rings. The quantitative estimate of drug-likeness (QED) is 0.777. The normalized spacial score (nSPS) is 19.6. The standard InChI is InChI=1S/C12H12BrNO/c13-10-3-4-11-9(5-6-14)2-1-7-15-12(11)8-10/h3-4,8-9H,1-2,5,7H2. The SMILES string of the molecule is N#CCC1CCCOc2cc(Br)ccc21. The van der Waals surface area contributed by atoms with Crippen molar-refractivity contribution in [1.29, 1.82) is 5.26 Å². The van der Waals surface area contributed by atoms with Gasteiger partial charge in [-0.05, 0) is 30.5 Å². The number of ether oxygens (including phenoxy) is 1. The van der Waals surface area contributed by atoms with Crippen LogP contribution in [-0.4, -0.2) is 6.61 Å². The van der Waals surface area contributed by atoms with Crippen molar-refractivity contribution < 1.29 is 4.74 Å². The fourth-order valence-electron chi connectivity index (χ4n) is 1.96. The van der Waals surface area contributed by atoms with Gasteiger partial charge in [-0.15, -0.1) is 0 Å². The van der Waals surface area contributed by atoms with Gasteiger partial charge in [0.2, 0.25) is 0 Å². The molecule has 3 heteroatoms. The molecule has 1 heterocycles. The van der Waals surface area contributed by atoms with Crippen LogP contribution in [0, 0.1) is 11.3 Å². The van der Waals surface area contributed by atoms with E-state index in [0.717, 1.165) is 29.7 Å². The summed E-state index contributed by atoms with van der Waals surface area (Å²) in [6, 6.07) is 8.32. The van der Waals surface area contributed by atoms with Crippen LogP contribution in [0.5, 0.6) is 5.75 Å². The predicted molar refractivity (Wildman–Crippen MR) is 61.8 cm³/mol. The first kappa shape index (κ1) is 10.5. The Balaban J connectivity index is 2.37. The molecular formula is C12H12BrNO. The lowest BCUT2D eigenvalue weighted by molar-refractivity contribution is 0.316. The molecule has 0 saturated carbocycles. The van der Waals surface area contributed by atoms with E-state index >= 15 is 0 Å². The van der Waals surface area contributed by atoms with E-state index in [1.54, 1.807) is 0 Å². The Morgan fingerprint density at radius 2 is 2.40 bits per heavy atom. The minimum absolute atomic E-state index is 0.334. The van der Waals surface area contributed by atoms with Crippen LogP contribution in [0.15, 0.2) is 22.7 Å². The number of hydrogen-bond donors (Lipinski definition) is 0.